The predicted molar refractivity (Wildman–Crippen MR) is 98.5 cm³/mol. The van der Waals surface area contributed by atoms with Gasteiger partial charge in [-0.2, -0.15) is 0 Å². The molecule has 0 radical (unpaired) electrons. The molecule has 144 valence electrons. The molecule has 2 aliphatic rings. The normalized spacial score (nSPS) is 29.8. The van der Waals surface area contributed by atoms with Crippen LogP contribution in [0.2, 0.25) is 4.82 Å². The first-order valence-electron chi connectivity index (χ1n) is 8.94. The third kappa shape index (κ3) is 3.86. The zero-order chi connectivity index (χ0) is 19.5. The fraction of sp³-hybridized carbons (Fsp3) is 0.450. The second kappa shape index (κ2) is 7.97. The summed E-state index contributed by atoms with van der Waals surface area (Å²) < 4.78 is 17.2. The van der Waals surface area contributed by atoms with Crippen molar-refractivity contribution in [1.29, 1.82) is 0 Å². The Hall–Kier alpha value is -1.95. The van der Waals surface area contributed by atoms with Crippen molar-refractivity contribution in [2.45, 2.75) is 37.3 Å². The number of carbonyl (C=O) groups excluding carboxylic acids is 3. The van der Waals surface area contributed by atoms with Crippen LogP contribution in [0.3, 0.4) is 0 Å². The Balaban J connectivity index is 1.86. The monoisotopic (exact) mass is 438 g/mol. The van der Waals surface area contributed by atoms with Crippen LogP contribution in [0.4, 0.5) is 0 Å². The van der Waals surface area contributed by atoms with Gasteiger partial charge in [-0.3, -0.25) is 0 Å². The topological polar surface area (TPSA) is 78.9 Å². The molecule has 1 fully saturated rings. The third-order valence-electron chi connectivity index (χ3n) is 4.63. The molecule has 1 aromatic rings. The van der Waals surface area contributed by atoms with Crippen molar-refractivity contribution in [1.82, 2.24) is 0 Å². The van der Waals surface area contributed by atoms with Crippen LogP contribution in [0.25, 0.3) is 0 Å². The maximum absolute atomic E-state index is 12.8. The quantitative estimate of drug-likeness (QED) is 0.497. The summed E-state index contributed by atoms with van der Waals surface area (Å²) in [6.45, 7) is 3.76. The number of ether oxygens (including phenoxy) is 3. The van der Waals surface area contributed by atoms with Crippen molar-refractivity contribution in [2.24, 2.45) is 5.41 Å². The van der Waals surface area contributed by atoms with Gasteiger partial charge in [0.2, 0.25) is 0 Å². The Bertz CT molecular complexity index is 761. The van der Waals surface area contributed by atoms with Crippen LogP contribution in [-0.4, -0.2) is 51.7 Å². The van der Waals surface area contributed by atoms with E-state index in [-0.39, 0.29) is 45.2 Å². The van der Waals surface area contributed by atoms with Crippen molar-refractivity contribution in [3.05, 3.63) is 42.5 Å². The summed E-state index contributed by atoms with van der Waals surface area (Å²) in [6.07, 6.45) is 3.36. The molecule has 0 aromatic heterocycles. The van der Waals surface area contributed by atoms with Gasteiger partial charge < -0.3 is 0 Å². The van der Waals surface area contributed by atoms with Crippen molar-refractivity contribution in [3.8, 4) is 0 Å². The molecule has 3 atom stereocenters. The molecule has 1 aromatic carbocycles. The van der Waals surface area contributed by atoms with Crippen molar-refractivity contribution < 1.29 is 28.6 Å². The van der Waals surface area contributed by atoms with Gasteiger partial charge in [0.25, 0.3) is 0 Å². The third-order valence-corrected chi connectivity index (χ3v) is 7.21. The number of allylic oxidation sites excluding steroid dienone is 1. The second-order valence-corrected chi connectivity index (χ2v) is 9.17. The first-order chi connectivity index (χ1) is 12.9. The van der Waals surface area contributed by atoms with E-state index in [1.165, 1.54) is 6.08 Å². The van der Waals surface area contributed by atoms with Crippen LogP contribution in [-0.2, 0) is 28.6 Å². The van der Waals surface area contributed by atoms with Crippen LogP contribution < -0.4 is 4.46 Å². The minimum absolute atomic E-state index is 0.00215. The number of cyclic esters (lactones) is 1. The van der Waals surface area contributed by atoms with Crippen molar-refractivity contribution in [3.63, 3.8) is 0 Å². The fourth-order valence-electron chi connectivity index (χ4n) is 3.40. The SMILES string of the molecule is CCOC(=O)[C@]1(OCC)C[C@@]2(C=CC(=O)C([Se]c3ccccc3)C2)C(=O)O1. The molecule has 3 rings (SSSR count). The van der Waals surface area contributed by atoms with E-state index in [0.717, 1.165) is 4.46 Å². The number of rotatable bonds is 6. The van der Waals surface area contributed by atoms with E-state index in [1.54, 1.807) is 19.9 Å². The molecule has 0 amide bonds. The minimum atomic E-state index is -1.74. The van der Waals surface area contributed by atoms with Crippen LogP contribution in [0.1, 0.15) is 26.7 Å². The number of hydrogen-bond acceptors (Lipinski definition) is 6. The first-order valence-corrected chi connectivity index (χ1v) is 10.8. The molecular weight excluding hydrogens is 415 g/mol. The van der Waals surface area contributed by atoms with Gasteiger partial charge >= 0.3 is 164 Å². The molecule has 7 heteroatoms. The van der Waals surface area contributed by atoms with E-state index < -0.39 is 23.1 Å². The van der Waals surface area contributed by atoms with E-state index >= 15 is 0 Å². The first kappa shape index (κ1) is 19.8. The van der Waals surface area contributed by atoms with Crippen LogP contribution in [0, 0.1) is 5.41 Å². The van der Waals surface area contributed by atoms with E-state index in [9.17, 15) is 14.4 Å². The summed E-state index contributed by atoms with van der Waals surface area (Å²) in [5.41, 5.74) is -1.04. The summed E-state index contributed by atoms with van der Waals surface area (Å²) in [6, 6.07) is 9.75. The Morgan fingerprint density at radius 2 is 1.96 bits per heavy atom. The van der Waals surface area contributed by atoms with Crippen LogP contribution in [0.15, 0.2) is 42.5 Å². The van der Waals surface area contributed by atoms with Gasteiger partial charge in [-0.25, -0.2) is 0 Å². The number of carbonyl (C=O) groups is 3. The Labute approximate surface area is 164 Å². The standard InChI is InChI=1S/C20H22O6Se/c1-3-24-18(23)20(25-4-2)13-19(17(22)26-20)11-10-15(21)16(12-19)27-14-8-6-5-7-9-14/h5-11,16H,3-4,12-13H2,1-2H3/t16?,19-,20-/m0/s1. The summed E-state index contributed by atoms with van der Waals surface area (Å²) in [5.74, 6) is -2.98. The molecule has 1 heterocycles. The molecule has 0 N–H and O–H groups in total. The van der Waals surface area contributed by atoms with Crippen LogP contribution in [0.5, 0.6) is 0 Å². The Morgan fingerprint density at radius 1 is 1.22 bits per heavy atom. The number of ketones is 1. The van der Waals surface area contributed by atoms with Crippen molar-refractivity contribution >= 4 is 37.1 Å². The summed E-state index contributed by atoms with van der Waals surface area (Å²) in [7, 11) is 0. The zero-order valence-corrected chi connectivity index (χ0v) is 17.0. The van der Waals surface area contributed by atoms with Gasteiger partial charge in [-0.1, -0.05) is 0 Å². The molecule has 6 nitrogen and oxygen atoms in total. The summed E-state index contributed by atoms with van der Waals surface area (Å²) in [5, 5.41) is 0. The van der Waals surface area contributed by atoms with E-state index in [1.807, 2.05) is 30.3 Å². The maximum atomic E-state index is 12.8. The van der Waals surface area contributed by atoms with E-state index in [0.29, 0.717) is 6.42 Å². The van der Waals surface area contributed by atoms with Gasteiger partial charge in [0.05, 0.1) is 0 Å². The number of hydrogen-bond donors (Lipinski definition) is 0. The molecule has 1 unspecified atom stereocenters. The summed E-state index contributed by atoms with van der Waals surface area (Å²) >= 11 is -0.128. The zero-order valence-electron chi connectivity index (χ0n) is 15.3. The molecule has 1 aliphatic heterocycles. The van der Waals surface area contributed by atoms with Gasteiger partial charge in [0.15, 0.2) is 0 Å². The fourth-order valence-corrected chi connectivity index (χ4v) is 5.95. The number of benzene rings is 1. The predicted octanol–water partition coefficient (Wildman–Crippen LogP) is 1.56. The second-order valence-electron chi connectivity index (χ2n) is 6.49. The van der Waals surface area contributed by atoms with E-state index in [4.69, 9.17) is 14.2 Å². The molecule has 0 saturated carbocycles. The van der Waals surface area contributed by atoms with Crippen molar-refractivity contribution in [2.75, 3.05) is 13.2 Å². The van der Waals surface area contributed by atoms with E-state index in [2.05, 4.69) is 0 Å². The molecule has 0 bridgehead atoms. The average Bonchev–Trinajstić information content (AvgIpc) is 2.92. The molecule has 1 saturated heterocycles. The molecule has 1 spiro atoms. The number of esters is 2. The van der Waals surface area contributed by atoms with Gasteiger partial charge in [-0.05, 0) is 0 Å². The van der Waals surface area contributed by atoms with Crippen LogP contribution >= 0.6 is 0 Å². The van der Waals surface area contributed by atoms with Gasteiger partial charge in [0.1, 0.15) is 0 Å². The average molecular weight is 437 g/mol. The Kier molecular flexibility index (Phi) is 5.84. The van der Waals surface area contributed by atoms with Gasteiger partial charge in [-0.15, -0.1) is 0 Å². The summed E-state index contributed by atoms with van der Waals surface area (Å²) in [4.78, 5) is 37.4. The molecule has 27 heavy (non-hydrogen) atoms. The molecule has 1 aliphatic carbocycles. The molecular formula is C20H22O6Se. The Morgan fingerprint density at radius 3 is 2.63 bits per heavy atom. The van der Waals surface area contributed by atoms with Gasteiger partial charge in [0, 0.05) is 0 Å².